The summed E-state index contributed by atoms with van der Waals surface area (Å²) in [5.74, 6) is 0. The second-order valence-electron chi connectivity index (χ2n) is 4.47. The summed E-state index contributed by atoms with van der Waals surface area (Å²) in [6.45, 7) is 1.07. The Hall–Kier alpha value is -0.660. The van der Waals surface area contributed by atoms with Gasteiger partial charge in [-0.1, -0.05) is 11.6 Å². The van der Waals surface area contributed by atoms with Gasteiger partial charge in [0.2, 0.25) is 10.0 Å². The average molecular weight is 305 g/mol. The van der Waals surface area contributed by atoms with Crippen LogP contribution >= 0.6 is 11.6 Å². The summed E-state index contributed by atoms with van der Waals surface area (Å²) in [4.78, 5) is 0.231. The maximum Gasteiger partial charge on any atom is 0.243 e. The molecule has 1 aromatic rings. The molecule has 1 aliphatic rings. The van der Waals surface area contributed by atoms with E-state index >= 15 is 0 Å². The van der Waals surface area contributed by atoms with Gasteiger partial charge >= 0.3 is 0 Å². The first kappa shape index (κ1) is 14.7. The molecule has 1 atom stereocenters. The number of rotatable bonds is 4. The normalized spacial score (nSPS) is 20.9. The molecule has 1 aromatic carbocycles. The van der Waals surface area contributed by atoms with Crippen LogP contribution in [-0.4, -0.2) is 39.0 Å². The highest BCUT2D eigenvalue weighted by Crippen LogP contribution is 2.25. The Labute approximate surface area is 118 Å². The molecule has 5 nitrogen and oxygen atoms in total. The largest absolute Gasteiger partial charge is 0.380 e. The molecule has 1 fully saturated rings. The first-order valence-electron chi connectivity index (χ1n) is 6.00. The van der Waals surface area contributed by atoms with Crippen LogP contribution in [0.25, 0.3) is 0 Å². The molecule has 0 amide bonds. The maximum atomic E-state index is 12.5. The molecule has 1 heterocycles. The summed E-state index contributed by atoms with van der Waals surface area (Å²) in [6, 6.07) is 4.62. The van der Waals surface area contributed by atoms with E-state index in [4.69, 9.17) is 22.1 Å². The number of nitrogens with zero attached hydrogens (tertiary/aromatic N) is 1. The van der Waals surface area contributed by atoms with Gasteiger partial charge in [0.25, 0.3) is 0 Å². The monoisotopic (exact) mass is 304 g/mol. The Morgan fingerprint density at radius 1 is 1.53 bits per heavy atom. The van der Waals surface area contributed by atoms with E-state index in [1.165, 1.54) is 16.4 Å². The second kappa shape index (κ2) is 5.76. The number of hydrogen-bond donors (Lipinski definition) is 1. The SMILES string of the molecule is COC1CCN(S(=O)(=O)c2ccc(Cl)c(CN)c2)C1. The number of methoxy groups -OCH3 is 1. The highest BCUT2D eigenvalue weighted by Gasteiger charge is 2.32. The van der Waals surface area contributed by atoms with Crippen LogP contribution in [0.3, 0.4) is 0 Å². The number of halogens is 1. The smallest absolute Gasteiger partial charge is 0.243 e. The van der Waals surface area contributed by atoms with E-state index in [9.17, 15) is 8.42 Å². The van der Waals surface area contributed by atoms with Gasteiger partial charge in [0.05, 0.1) is 11.0 Å². The molecule has 0 aromatic heterocycles. The Kier molecular flexibility index (Phi) is 4.47. The van der Waals surface area contributed by atoms with Crippen LogP contribution in [0.5, 0.6) is 0 Å². The van der Waals surface area contributed by atoms with Crippen molar-refractivity contribution < 1.29 is 13.2 Å². The molecule has 0 aliphatic carbocycles. The van der Waals surface area contributed by atoms with Gasteiger partial charge in [0, 0.05) is 31.8 Å². The molecule has 106 valence electrons. The highest BCUT2D eigenvalue weighted by atomic mass is 35.5. The number of nitrogens with two attached hydrogens (primary N) is 1. The van der Waals surface area contributed by atoms with Crippen molar-refractivity contribution in [2.45, 2.75) is 24.0 Å². The topological polar surface area (TPSA) is 72.6 Å². The van der Waals surface area contributed by atoms with Gasteiger partial charge in [-0.3, -0.25) is 0 Å². The van der Waals surface area contributed by atoms with Gasteiger partial charge < -0.3 is 10.5 Å². The van der Waals surface area contributed by atoms with Crippen molar-refractivity contribution in [1.82, 2.24) is 4.31 Å². The lowest BCUT2D eigenvalue weighted by molar-refractivity contribution is 0.115. The molecular formula is C12H17ClN2O3S. The number of ether oxygens (including phenoxy) is 1. The quantitative estimate of drug-likeness (QED) is 0.907. The Morgan fingerprint density at radius 3 is 2.84 bits per heavy atom. The summed E-state index contributed by atoms with van der Waals surface area (Å²) in [7, 11) is -1.90. The summed E-state index contributed by atoms with van der Waals surface area (Å²) in [6.07, 6.45) is 0.684. The minimum absolute atomic E-state index is 0.0314. The molecule has 2 rings (SSSR count). The lowest BCUT2D eigenvalue weighted by Crippen LogP contribution is -2.30. The summed E-state index contributed by atoms with van der Waals surface area (Å²) < 4.78 is 31.5. The lowest BCUT2D eigenvalue weighted by atomic mass is 10.2. The molecule has 2 N–H and O–H groups in total. The predicted octanol–water partition coefficient (Wildman–Crippen LogP) is 1.21. The van der Waals surface area contributed by atoms with Crippen molar-refractivity contribution in [3.05, 3.63) is 28.8 Å². The second-order valence-corrected chi connectivity index (χ2v) is 6.81. The summed E-state index contributed by atoms with van der Waals surface area (Å²) >= 11 is 5.94. The van der Waals surface area contributed by atoms with Gasteiger partial charge in [-0.2, -0.15) is 4.31 Å². The van der Waals surface area contributed by atoms with Crippen molar-refractivity contribution >= 4 is 21.6 Å². The van der Waals surface area contributed by atoms with E-state index < -0.39 is 10.0 Å². The zero-order chi connectivity index (χ0) is 14.0. The van der Waals surface area contributed by atoms with Crippen molar-refractivity contribution in [3.63, 3.8) is 0 Å². The third-order valence-electron chi connectivity index (χ3n) is 3.32. The van der Waals surface area contributed by atoms with Crippen LogP contribution < -0.4 is 5.73 Å². The molecule has 19 heavy (non-hydrogen) atoms. The summed E-state index contributed by atoms with van der Waals surface area (Å²) in [5.41, 5.74) is 6.18. The van der Waals surface area contributed by atoms with Crippen LogP contribution in [0, 0.1) is 0 Å². The number of benzene rings is 1. The van der Waals surface area contributed by atoms with E-state index in [2.05, 4.69) is 0 Å². The van der Waals surface area contributed by atoms with Gasteiger partial charge in [-0.25, -0.2) is 8.42 Å². The molecule has 1 aliphatic heterocycles. The lowest BCUT2D eigenvalue weighted by Gasteiger charge is -2.17. The fourth-order valence-electron chi connectivity index (χ4n) is 2.13. The zero-order valence-corrected chi connectivity index (χ0v) is 12.2. The molecular weight excluding hydrogens is 288 g/mol. The standard InChI is InChI=1S/C12H17ClN2O3S/c1-18-10-4-5-15(8-10)19(16,17)11-2-3-12(13)9(6-11)7-14/h2-3,6,10H,4-5,7-8,14H2,1H3. The van der Waals surface area contributed by atoms with Crippen LogP contribution in [0.15, 0.2) is 23.1 Å². The Morgan fingerprint density at radius 2 is 2.26 bits per heavy atom. The first-order chi connectivity index (χ1) is 8.98. The zero-order valence-electron chi connectivity index (χ0n) is 10.7. The Bertz CT molecular complexity index is 562. The van der Waals surface area contributed by atoms with Crippen molar-refractivity contribution in [2.24, 2.45) is 5.73 Å². The molecule has 1 saturated heterocycles. The first-order valence-corrected chi connectivity index (χ1v) is 7.82. The van der Waals surface area contributed by atoms with Gasteiger partial charge in [0.1, 0.15) is 0 Å². The number of hydrogen-bond acceptors (Lipinski definition) is 4. The van der Waals surface area contributed by atoms with Gasteiger partial charge in [0.15, 0.2) is 0 Å². The minimum atomic E-state index is -3.49. The molecule has 0 radical (unpaired) electrons. The third kappa shape index (κ3) is 2.93. The Balaban J connectivity index is 2.30. The fourth-order valence-corrected chi connectivity index (χ4v) is 3.86. The van der Waals surface area contributed by atoms with Crippen molar-refractivity contribution in [3.8, 4) is 0 Å². The fraction of sp³-hybridized carbons (Fsp3) is 0.500. The molecule has 0 saturated carbocycles. The molecule has 0 bridgehead atoms. The molecule has 1 unspecified atom stereocenters. The van der Waals surface area contributed by atoms with Crippen LogP contribution in [0.4, 0.5) is 0 Å². The third-order valence-corrected chi connectivity index (χ3v) is 5.55. The van der Waals surface area contributed by atoms with Crippen LogP contribution in [0.2, 0.25) is 5.02 Å². The van der Waals surface area contributed by atoms with E-state index in [0.29, 0.717) is 30.1 Å². The maximum absolute atomic E-state index is 12.5. The average Bonchev–Trinajstić information content (AvgIpc) is 2.88. The van der Waals surface area contributed by atoms with Crippen molar-refractivity contribution in [2.75, 3.05) is 20.2 Å². The molecule has 7 heteroatoms. The highest BCUT2D eigenvalue weighted by molar-refractivity contribution is 7.89. The summed E-state index contributed by atoms with van der Waals surface area (Å²) in [5, 5.41) is 0.484. The van der Waals surface area contributed by atoms with Crippen LogP contribution in [-0.2, 0) is 21.3 Å². The van der Waals surface area contributed by atoms with Crippen molar-refractivity contribution in [1.29, 1.82) is 0 Å². The van der Waals surface area contributed by atoms with E-state index in [-0.39, 0.29) is 17.5 Å². The van der Waals surface area contributed by atoms with Gasteiger partial charge in [-0.15, -0.1) is 0 Å². The number of sulfonamides is 1. The molecule has 0 spiro atoms. The van der Waals surface area contributed by atoms with E-state index in [0.717, 1.165) is 0 Å². The minimum Gasteiger partial charge on any atom is -0.380 e. The van der Waals surface area contributed by atoms with Crippen LogP contribution in [0.1, 0.15) is 12.0 Å². The van der Waals surface area contributed by atoms with Gasteiger partial charge in [-0.05, 0) is 30.2 Å². The van der Waals surface area contributed by atoms with E-state index in [1.54, 1.807) is 13.2 Å². The predicted molar refractivity (Wildman–Crippen MR) is 73.5 cm³/mol. The van der Waals surface area contributed by atoms with E-state index in [1.807, 2.05) is 0 Å².